The van der Waals surface area contributed by atoms with Crippen LogP contribution in [0, 0.1) is 0 Å². The van der Waals surface area contributed by atoms with Crippen molar-refractivity contribution in [3.05, 3.63) is 41.0 Å². The maximum atomic E-state index is 12.3. The molecule has 0 spiro atoms. The monoisotopic (exact) mass is 262 g/mol. The van der Waals surface area contributed by atoms with Crippen molar-refractivity contribution < 1.29 is 4.79 Å². The lowest BCUT2D eigenvalue weighted by Gasteiger charge is -2.17. The van der Waals surface area contributed by atoms with Crippen LogP contribution < -0.4 is 0 Å². The van der Waals surface area contributed by atoms with Gasteiger partial charge >= 0.3 is 0 Å². The van der Waals surface area contributed by atoms with Crippen LogP contribution in [0.5, 0.6) is 0 Å². The maximum Gasteiger partial charge on any atom is 0.254 e. The number of para-hydroxylation sites is 1. The molecule has 0 bridgehead atoms. The summed E-state index contributed by atoms with van der Waals surface area (Å²) in [6.07, 6.45) is 0.930. The second-order valence-electron chi connectivity index (χ2n) is 4.24. The van der Waals surface area contributed by atoms with E-state index in [1.54, 1.807) is 18.0 Å². The van der Waals surface area contributed by atoms with Gasteiger partial charge in [0.2, 0.25) is 0 Å². The van der Waals surface area contributed by atoms with Crippen LogP contribution in [-0.2, 0) is 0 Å². The SMILES string of the molecule is CCCN(C)C(=O)c1cc(Cl)nc2ccccc12. The fourth-order valence-electron chi connectivity index (χ4n) is 1.96. The number of rotatable bonds is 3. The molecule has 3 nitrogen and oxygen atoms in total. The molecule has 94 valence electrons. The van der Waals surface area contributed by atoms with Gasteiger partial charge in [-0.2, -0.15) is 0 Å². The Morgan fingerprint density at radius 3 is 2.83 bits per heavy atom. The van der Waals surface area contributed by atoms with Gasteiger partial charge in [0.05, 0.1) is 11.1 Å². The van der Waals surface area contributed by atoms with Gasteiger partial charge in [0.25, 0.3) is 5.91 Å². The molecule has 1 heterocycles. The summed E-state index contributed by atoms with van der Waals surface area (Å²) in [5.41, 5.74) is 1.36. The summed E-state index contributed by atoms with van der Waals surface area (Å²) < 4.78 is 0. The second kappa shape index (κ2) is 5.36. The molecule has 0 radical (unpaired) electrons. The van der Waals surface area contributed by atoms with Crippen LogP contribution >= 0.6 is 11.6 Å². The van der Waals surface area contributed by atoms with Gasteiger partial charge in [-0.05, 0) is 18.6 Å². The maximum absolute atomic E-state index is 12.3. The fraction of sp³-hybridized carbons (Fsp3) is 0.286. The molecule has 0 saturated heterocycles. The first-order valence-corrected chi connectivity index (χ1v) is 6.32. The predicted octanol–water partition coefficient (Wildman–Crippen LogP) is 3.37. The predicted molar refractivity (Wildman–Crippen MR) is 74.0 cm³/mol. The van der Waals surface area contributed by atoms with Gasteiger partial charge in [0.15, 0.2) is 0 Å². The third-order valence-electron chi connectivity index (χ3n) is 2.82. The number of hydrogen-bond acceptors (Lipinski definition) is 2. The molecule has 18 heavy (non-hydrogen) atoms. The number of carbonyl (C=O) groups excluding carboxylic acids is 1. The molecule has 0 saturated carbocycles. The second-order valence-corrected chi connectivity index (χ2v) is 4.62. The van der Waals surface area contributed by atoms with Crippen LogP contribution in [0.1, 0.15) is 23.7 Å². The summed E-state index contributed by atoms with van der Waals surface area (Å²) in [6, 6.07) is 9.17. The number of carbonyl (C=O) groups is 1. The molecule has 1 aromatic carbocycles. The van der Waals surface area contributed by atoms with Crippen molar-refractivity contribution in [3.63, 3.8) is 0 Å². The van der Waals surface area contributed by atoms with Gasteiger partial charge in [-0.15, -0.1) is 0 Å². The van der Waals surface area contributed by atoms with Crippen molar-refractivity contribution in [1.82, 2.24) is 9.88 Å². The zero-order valence-electron chi connectivity index (χ0n) is 10.5. The van der Waals surface area contributed by atoms with Crippen molar-refractivity contribution in [1.29, 1.82) is 0 Å². The van der Waals surface area contributed by atoms with Crippen molar-refractivity contribution in [2.45, 2.75) is 13.3 Å². The van der Waals surface area contributed by atoms with E-state index in [1.165, 1.54) is 0 Å². The topological polar surface area (TPSA) is 33.2 Å². The molecule has 0 atom stereocenters. The molecule has 1 amide bonds. The Bertz CT molecular complexity index is 583. The molecule has 2 rings (SSSR count). The first-order valence-electron chi connectivity index (χ1n) is 5.94. The van der Waals surface area contributed by atoms with E-state index in [-0.39, 0.29) is 5.91 Å². The quantitative estimate of drug-likeness (QED) is 0.795. The van der Waals surface area contributed by atoms with Crippen LogP contribution in [-0.4, -0.2) is 29.4 Å². The Kier molecular flexibility index (Phi) is 3.82. The Morgan fingerprint density at radius 2 is 2.11 bits per heavy atom. The number of pyridine rings is 1. The van der Waals surface area contributed by atoms with Gasteiger partial charge in [-0.25, -0.2) is 4.98 Å². The van der Waals surface area contributed by atoms with E-state index in [0.29, 0.717) is 10.7 Å². The molecular weight excluding hydrogens is 248 g/mol. The molecule has 1 aromatic heterocycles. The van der Waals surface area contributed by atoms with Crippen LogP contribution in [0.15, 0.2) is 30.3 Å². The van der Waals surface area contributed by atoms with E-state index < -0.39 is 0 Å². The number of benzene rings is 1. The lowest BCUT2D eigenvalue weighted by molar-refractivity contribution is 0.0797. The van der Waals surface area contributed by atoms with Crippen LogP contribution in [0.25, 0.3) is 10.9 Å². The standard InChI is InChI=1S/C14H15ClN2O/c1-3-8-17(2)14(18)11-9-13(15)16-12-7-5-4-6-10(11)12/h4-7,9H,3,8H2,1-2H3. The van der Waals surface area contributed by atoms with Crippen LogP contribution in [0.4, 0.5) is 0 Å². The summed E-state index contributed by atoms with van der Waals surface area (Å²) in [5, 5.41) is 1.19. The lowest BCUT2D eigenvalue weighted by Crippen LogP contribution is -2.27. The zero-order valence-corrected chi connectivity index (χ0v) is 11.2. The van der Waals surface area contributed by atoms with E-state index in [2.05, 4.69) is 4.98 Å². The average Bonchev–Trinajstić information content (AvgIpc) is 2.37. The summed E-state index contributed by atoms with van der Waals surface area (Å²) in [5.74, 6) is -0.0163. The summed E-state index contributed by atoms with van der Waals surface area (Å²) in [4.78, 5) is 18.3. The van der Waals surface area contributed by atoms with Crippen LogP contribution in [0.2, 0.25) is 5.15 Å². The van der Waals surface area contributed by atoms with Crippen molar-refractivity contribution in [2.75, 3.05) is 13.6 Å². The molecule has 0 unspecified atom stereocenters. The Morgan fingerprint density at radius 1 is 1.39 bits per heavy atom. The number of hydrogen-bond donors (Lipinski definition) is 0. The Balaban J connectivity index is 2.53. The van der Waals surface area contributed by atoms with E-state index in [1.807, 2.05) is 31.2 Å². The number of amides is 1. The van der Waals surface area contributed by atoms with E-state index in [4.69, 9.17) is 11.6 Å². The highest BCUT2D eigenvalue weighted by Gasteiger charge is 2.15. The fourth-order valence-corrected chi connectivity index (χ4v) is 2.16. The minimum atomic E-state index is -0.0163. The van der Waals surface area contributed by atoms with Crippen LogP contribution in [0.3, 0.4) is 0 Å². The summed E-state index contributed by atoms with van der Waals surface area (Å²) in [7, 11) is 1.80. The lowest BCUT2D eigenvalue weighted by atomic mass is 10.1. The molecule has 4 heteroatoms. The minimum Gasteiger partial charge on any atom is -0.342 e. The van der Waals surface area contributed by atoms with Gasteiger partial charge in [0.1, 0.15) is 5.15 Å². The smallest absolute Gasteiger partial charge is 0.254 e. The number of halogens is 1. The van der Waals surface area contributed by atoms with Gasteiger partial charge in [-0.1, -0.05) is 36.7 Å². The highest BCUT2D eigenvalue weighted by molar-refractivity contribution is 6.30. The minimum absolute atomic E-state index is 0.0163. The summed E-state index contributed by atoms with van der Waals surface area (Å²) in [6.45, 7) is 2.77. The van der Waals surface area contributed by atoms with Gasteiger partial charge in [0, 0.05) is 19.0 Å². The number of nitrogens with zero attached hydrogens (tertiary/aromatic N) is 2. The molecule has 0 aliphatic heterocycles. The normalized spacial score (nSPS) is 10.6. The van der Waals surface area contributed by atoms with E-state index in [9.17, 15) is 4.79 Å². The third-order valence-corrected chi connectivity index (χ3v) is 3.01. The summed E-state index contributed by atoms with van der Waals surface area (Å²) >= 11 is 5.97. The van der Waals surface area contributed by atoms with Crippen molar-refractivity contribution in [2.24, 2.45) is 0 Å². The van der Waals surface area contributed by atoms with Gasteiger partial charge in [-0.3, -0.25) is 4.79 Å². The number of aromatic nitrogens is 1. The average molecular weight is 263 g/mol. The first kappa shape index (κ1) is 12.8. The van der Waals surface area contributed by atoms with E-state index in [0.717, 1.165) is 23.9 Å². The molecular formula is C14H15ClN2O. The number of fused-ring (bicyclic) bond motifs is 1. The first-order chi connectivity index (χ1) is 8.63. The molecule has 0 fully saturated rings. The molecule has 2 aromatic rings. The Hall–Kier alpha value is -1.61. The van der Waals surface area contributed by atoms with Crippen molar-refractivity contribution >= 4 is 28.4 Å². The molecule has 0 aliphatic rings. The third kappa shape index (κ3) is 2.46. The highest BCUT2D eigenvalue weighted by atomic mass is 35.5. The molecule has 0 aliphatic carbocycles. The molecule has 0 N–H and O–H groups in total. The van der Waals surface area contributed by atoms with Crippen molar-refractivity contribution in [3.8, 4) is 0 Å². The Labute approximate surface area is 111 Å². The zero-order chi connectivity index (χ0) is 13.1. The van der Waals surface area contributed by atoms with Gasteiger partial charge < -0.3 is 4.90 Å². The largest absolute Gasteiger partial charge is 0.342 e. The highest BCUT2D eigenvalue weighted by Crippen LogP contribution is 2.21. The van der Waals surface area contributed by atoms with E-state index >= 15 is 0 Å².